The van der Waals surface area contributed by atoms with E-state index in [1.54, 1.807) is 0 Å². The topological polar surface area (TPSA) is 113 Å². The zero-order chi connectivity index (χ0) is 19.4. The van der Waals surface area contributed by atoms with E-state index >= 15 is 0 Å². The van der Waals surface area contributed by atoms with Gasteiger partial charge in [-0.05, 0) is 28.7 Å². The molecule has 140 valence electrons. The molecule has 1 aliphatic carbocycles. The molecule has 0 spiro atoms. The van der Waals surface area contributed by atoms with Gasteiger partial charge in [-0.3, -0.25) is 4.79 Å². The van der Waals surface area contributed by atoms with Crippen LogP contribution in [0, 0.1) is 0 Å². The Hall–Kier alpha value is -3.35. The Labute approximate surface area is 155 Å². The second kappa shape index (κ2) is 7.90. The van der Waals surface area contributed by atoms with Gasteiger partial charge in [-0.25, -0.2) is 9.59 Å². The fraction of sp³-hybridized carbons (Fsp3) is 0.250. The molecule has 1 amide bonds. The highest BCUT2D eigenvalue weighted by atomic mass is 16.5. The molecule has 7 heteroatoms. The van der Waals surface area contributed by atoms with Crippen LogP contribution in [0.4, 0.5) is 4.79 Å². The number of ether oxygens (including phenoxy) is 1. The predicted molar refractivity (Wildman–Crippen MR) is 96.5 cm³/mol. The number of alkyl carbamates (subject to hydrolysis) is 1. The monoisotopic (exact) mass is 369 g/mol. The number of nitrogens with one attached hydrogen (secondary N) is 1. The van der Waals surface area contributed by atoms with Gasteiger partial charge in [-0.1, -0.05) is 48.5 Å². The molecule has 27 heavy (non-hydrogen) atoms. The molecule has 1 atom stereocenters. The zero-order valence-corrected chi connectivity index (χ0v) is 14.4. The van der Waals surface area contributed by atoms with Crippen LogP contribution in [0.2, 0.25) is 0 Å². The normalized spacial score (nSPS) is 13.3. The van der Waals surface area contributed by atoms with Crippen LogP contribution < -0.4 is 5.32 Å². The number of carboxylic acid groups (broad SMARTS) is 2. The van der Waals surface area contributed by atoms with Crippen LogP contribution >= 0.6 is 0 Å². The molecule has 0 aromatic heterocycles. The number of carbonyl (C=O) groups excluding carboxylic acids is 1. The minimum atomic E-state index is -1.31. The molecule has 0 aliphatic heterocycles. The van der Waals surface area contributed by atoms with Crippen molar-refractivity contribution in [3.8, 4) is 11.1 Å². The Bertz CT molecular complexity index is 833. The molecule has 7 nitrogen and oxygen atoms in total. The SMILES string of the molecule is O=C(O)CCC(NC(=O)OCC1c2ccccc2-c2ccccc21)C(=O)O. The number of hydrogen-bond acceptors (Lipinski definition) is 4. The fourth-order valence-electron chi connectivity index (χ4n) is 3.31. The van der Waals surface area contributed by atoms with Crippen LogP contribution in [0.25, 0.3) is 11.1 Å². The molecule has 3 N–H and O–H groups in total. The quantitative estimate of drug-likeness (QED) is 0.692. The molecule has 1 aliphatic rings. The summed E-state index contributed by atoms with van der Waals surface area (Å²) in [5.41, 5.74) is 4.28. The Morgan fingerprint density at radius 2 is 1.52 bits per heavy atom. The third-order valence-corrected chi connectivity index (χ3v) is 4.58. The number of hydrogen-bond donors (Lipinski definition) is 3. The van der Waals surface area contributed by atoms with Crippen LogP contribution in [0.3, 0.4) is 0 Å². The van der Waals surface area contributed by atoms with E-state index in [9.17, 15) is 14.4 Å². The van der Waals surface area contributed by atoms with E-state index in [4.69, 9.17) is 14.9 Å². The Morgan fingerprint density at radius 3 is 2.04 bits per heavy atom. The van der Waals surface area contributed by atoms with E-state index in [0.29, 0.717) is 0 Å². The minimum absolute atomic E-state index is 0.0606. The first kappa shape index (κ1) is 18.4. The van der Waals surface area contributed by atoms with Crippen LogP contribution in [-0.4, -0.2) is 40.9 Å². The lowest BCUT2D eigenvalue weighted by molar-refractivity contribution is -0.140. The third kappa shape index (κ3) is 4.08. The van der Waals surface area contributed by atoms with Gasteiger partial charge < -0.3 is 20.3 Å². The van der Waals surface area contributed by atoms with Crippen molar-refractivity contribution in [1.29, 1.82) is 0 Å². The summed E-state index contributed by atoms with van der Waals surface area (Å²) in [6.07, 6.45) is -1.45. The van der Waals surface area contributed by atoms with E-state index in [2.05, 4.69) is 5.32 Å². The molecule has 0 fully saturated rings. The lowest BCUT2D eigenvalue weighted by atomic mass is 9.98. The van der Waals surface area contributed by atoms with Crippen LogP contribution in [0.1, 0.15) is 29.9 Å². The van der Waals surface area contributed by atoms with Crippen molar-refractivity contribution in [3.63, 3.8) is 0 Å². The molecule has 1 unspecified atom stereocenters. The second-order valence-corrected chi connectivity index (χ2v) is 6.29. The van der Waals surface area contributed by atoms with E-state index in [1.807, 2.05) is 48.5 Å². The average molecular weight is 369 g/mol. The van der Waals surface area contributed by atoms with Crippen LogP contribution in [0.15, 0.2) is 48.5 Å². The summed E-state index contributed by atoms with van der Waals surface area (Å²) in [6, 6.07) is 14.4. The Morgan fingerprint density at radius 1 is 0.963 bits per heavy atom. The summed E-state index contributed by atoms with van der Waals surface area (Å²) in [7, 11) is 0. The summed E-state index contributed by atoms with van der Waals surface area (Å²) in [6.45, 7) is 0.0606. The second-order valence-electron chi connectivity index (χ2n) is 6.29. The third-order valence-electron chi connectivity index (χ3n) is 4.58. The van der Waals surface area contributed by atoms with Gasteiger partial charge in [0.25, 0.3) is 0 Å². The predicted octanol–water partition coefficient (Wildman–Crippen LogP) is 2.84. The van der Waals surface area contributed by atoms with Gasteiger partial charge in [0.15, 0.2) is 0 Å². The van der Waals surface area contributed by atoms with Crippen molar-refractivity contribution in [2.45, 2.75) is 24.8 Å². The highest BCUT2D eigenvalue weighted by Crippen LogP contribution is 2.44. The Kier molecular flexibility index (Phi) is 5.40. The zero-order valence-electron chi connectivity index (χ0n) is 14.4. The molecular formula is C20H19NO6. The summed E-state index contributed by atoms with van der Waals surface area (Å²) in [5, 5.41) is 20.0. The standard InChI is InChI=1S/C20H19NO6/c22-18(23)10-9-17(19(24)25)21-20(26)27-11-16-14-7-3-1-5-12(14)13-6-2-4-8-15(13)16/h1-8,16-17H,9-11H2,(H,21,26)(H,22,23)(H,24,25). The van der Waals surface area contributed by atoms with Crippen molar-refractivity contribution < 1.29 is 29.3 Å². The number of carbonyl (C=O) groups is 3. The molecule has 0 radical (unpaired) electrons. The maximum atomic E-state index is 12.0. The molecule has 0 saturated carbocycles. The van der Waals surface area contributed by atoms with E-state index in [0.717, 1.165) is 22.3 Å². The Balaban J connectivity index is 1.67. The number of aliphatic carboxylic acids is 2. The van der Waals surface area contributed by atoms with Gasteiger partial charge in [0.1, 0.15) is 12.6 Å². The van der Waals surface area contributed by atoms with Gasteiger partial charge in [-0.15, -0.1) is 0 Å². The first-order chi connectivity index (χ1) is 13.0. The number of amides is 1. The molecular weight excluding hydrogens is 350 g/mol. The molecule has 2 aromatic rings. The number of fused-ring (bicyclic) bond motifs is 3. The maximum Gasteiger partial charge on any atom is 0.407 e. The van der Waals surface area contributed by atoms with Crippen molar-refractivity contribution in [3.05, 3.63) is 59.7 Å². The van der Waals surface area contributed by atoms with Gasteiger partial charge in [0.05, 0.1) is 0 Å². The van der Waals surface area contributed by atoms with E-state index in [-0.39, 0.29) is 25.4 Å². The van der Waals surface area contributed by atoms with Crippen molar-refractivity contribution in [2.24, 2.45) is 0 Å². The van der Waals surface area contributed by atoms with Crippen molar-refractivity contribution >= 4 is 18.0 Å². The highest BCUT2D eigenvalue weighted by Gasteiger charge is 2.29. The van der Waals surface area contributed by atoms with E-state index < -0.39 is 24.1 Å². The molecule has 0 bridgehead atoms. The molecule has 0 saturated heterocycles. The van der Waals surface area contributed by atoms with Gasteiger partial charge in [-0.2, -0.15) is 0 Å². The molecule has 3 rings (SSSR count). The van der Waals surface area contributed by atoms with Gasteiger partial charge in [0.2, 0.25) is 0 Å². The first-order valence-electron chi connectivity index (χ1n) is 8.53. The average Bonchev–Trinajstić information content (AvgIpc) is 2.97. The van der Waals surface area contributed by atoms with Crippen LogP contribution in [0.5, 0.6) is 0 Å². The first-order valence-corrected chi connectivity index (χ1v) is 8.53. The minimum Gasteiger partial charge on any atom is -0.481 e. The highest BCUT2D eigenvalue weighted by molar-refractivity contribution is 5.81. The van der Waals surface area contributed by atoms with E-state index in [1.165, 1.54) is 0 Å². The van der Waals surface area contributed by atoms with Crippen molar-refractivity contribution in [2.75, 3.05) is 6.61 Å². The number of benzene rings is 2. The lowest BCUT2D eigenvalue weighted by Crippen LogP contribution is -2.41. The number of rotatable bonds is 7. The fourth-order valence-corrected chi connectivity index (χ4v) is 3.31. The summed E-state index contributed by atoms with van der Waals surface area (Å²) >= 11 is 0. The van der Waals surface area contributed by atoms with Gasteiger partial charge in [0, 0.05) is 12.3 Å². The molecule has 2 aromatic carbocycles. The number of carboxylic acids is 2. The summed E-state index contributed by atoms with van der Waals surface area (Å²) in [4.78, 5) is 33.8. The lowest BCUT2D eigenvalue weighted by Gasteiger charge is -2.17. The maximum absolute atomic E-state index is 12.0. The summed E-state index contributed by atoms with van der Waals surface area (Å²) < 4.78 is 5.27. The summed E-state index contributed by atoms with van der Waals surface area (Å²) in [5.74, 6) is -2.56. The largest absolute Gasteiger partial charge is 0.481 e. The smallest absolute Gasteiger partial charge is 0.407 e. The van der Waals surface area contributed by atoms with Gasteiger partial charge >= 0.3 is 18.0 Å². The van der Waals surface area contributed by atoms with Crippen molar-refractivity contribution in [1.82, 2.24) is 5.32 Å². The van der Waals surface area contributed by atoms with Crippen LogP contribution in [-0.2, 0) is 14.3 Å². The molecule has 0 heterocycles.